The maximum atomic E-state index is 14.6. The molecule has 0 spiro atoms. The number of fused-ring (bicyclic) bond motifs is 1. The van der Waals surface area contributed by atoms with E-state index in [9.17, 15) is 18.8 Å². The van der Waals surface area contributed by atoms with Gasteiger partial charge in [-0.2, -0.15) is 0 Å². The maximum Gasteiger partial charge on any atom is 0.415 e. The smallest absolute Gasteiger partial charge is 0.415 e. The molecule has 0 saturated carbocycles. The zero-order valence-corrected chi connectivity index (χ0v) is 18.6. The van der Waals surface area contributed by atoms with Crippen LogP contribution in [0, 0.1) is 5.82 Å². The van der Waals surface area contributed by atoms with Crippen molar-refractivity contribution in [2.75, 3.05) is 36.5 Å². The standard InChI is InChI=1S/C24H22FN5O5/c25-16-3-1-13-2-6-20(32)30-10-14(21(16)22(13)30)9-26-8-7-15-11-29(24(33)35-15)18-5-4-17-23(27-18)28-19(31)12-34-17/h1-6,14-15,26H,7-12H2,(H,27,28,31)/t14-,15-/m0/s1. The van der Waals surface area contributed by atoms with Gasteiger partial charge in [-0.15, -0.1) is 0 Å². The highest BCUT2D eigenvalue weighted by atomic mass is 19.1. The normalized spacial score (nSPS) is 20.5. The van der Waals surface area contributed by atoms with Crippen molar-refractivity contribution in [3.8, 4) is 5.75 Å². The summed E-state index contributed by atoms with van der Waals surface area (Å²) < 4.78 is 27.0. The van der Waals surface area contributed by atoms with Crippen molar-refractivity contribution < 1.29 is 23.5 Å². The molecule has 6 rings (SSSR count). The average Bonchev–Trinajstić information content (AvgIpc) is 3.42. The topological polar surface area (TPSA) is 115 Å². The first kappa shape index (κ1) is 21.5. The van der Waals surface area contributed by atoms with Crippen LogP contribution < -0.4 is 25.8 Å². The molecular weight excluding hydrogens is 457 g/mol. The molecule has 0 aliphatic carbocycles. The van der Waals surface area contributed by atoms with Gasteiger partial charge in [0.15, 0.2) is 18.2 Å². The molecule has 0 radical (unpaired) electrons. The van der Waals surface area contributed by atoms with E-state index in [4.69, 9.17) is 9.47 Å². The first-order chi connectivity index (χ1) is 17.0. The summed E-state index contributed by atoms with van der Waals surface area (Å²) in [5.74, 6) is 0.323. The van der Waals surface area contributed by atoms with E-state index >= 15 is 0 Å². The highest BCUT2D eigenvalue weighted by Gasteiger charge is 2.34. The van der Waals surface area contributed by atoms with E-state index in [2.05, 4.69) is 15.6 Å². The Bertz CT molecular complexity index is 1420. The van der Waals surface area contributed by atoms with Gasteiger partial charge in [0, 0.05) is 30.6 Å². The third kappa shape index (κ3) is 3.77. The largest absolute Gasteiger partial charge is 0.480 e. The minimum absolute atomic E-state index is 0.0691. The molecule has 1 saturated heterocycles. The average molecular weight is 479 g/mol. The van der Waals surface area contributed by atoms with Crippen LogP contribution in [0.5, 0.6) is 5.75 Å². The number of hydrogen-bond acceptors (Lipinski definition) is 7. The van der Waals surface area contributed by atoms with Crippen molar-refractivity contribution in [2.24, 2.45) is 0 Å². The highest BCUT2D eigenvalue weighted by Crippen LogP contribution is 2.34. The van der Waals surface area contributed by atoms with Crippen molar-refractivity contribution in [3.63, 3.8) is 0 Å². The molecule has 2 aromatic heterocycles. The number of hydrogen-bond donors (Lipinski definition) is 2. The molecule has 5 heterocycles. The van der Waals surface area contributed by atoms with Crippen LogP contribution in [0.1, 0.15) is 17.9 Å². The van der Waals surface area contributed by atoms with Gasteiger partial charge in [-0.1, -0.05) is 0 Å². The molecule has 2 atom stereocenters. The van der Waals surface area contributed by atoms with Gasteiger partial charge in [-0.05, 0) is 48.7 Å². The Kier molecular flexibility index (Phi) is 5.14. The zero-order valence-electron chi connectivity index (χ0n) is 18.6. The van der Waals surface area contributed by atoms with E-state index in [1.165, 1.54) is 17.0 Å². The number of benzene rings is 1. The molecule has 2 amide bonds. The lowest BCUT2D eigenvalue weighted by Crippen LogP contribution is -2.30. The molecule has 11 heteroatoms. The van der Waals surface area contributed by atoms with Gasteiger partial charge < -0.3 is 24.7 Å². The van der Waals surface area contributed by atoms with Crippen molar-refractivity contribution in [3.05, 3.63) is 58.1 Å². The highest BCUT2D eigenvalue weighted by molar-refractivity contribution is 5.95. The number of carbonyl (C=O) groups excluding carboxylic acids is 2. The Hall–Kier alpha value is -3.99. The molecule has 35 heavy (non-hydrogen) atoms. The summed E-state index contributed by atoms with van der Waals surface area (Å²) in [6, 6.07) is 9.68. The van der Waals surface area contributed by atoms with Crippen LogP contribution in [0.15, 0.2) is 41.2 Å². The molecule has 0 unspecified atom stereocenters. The van der Waals surface area contributed by atoms with E-state index in [-0.39, 0.29) is 41.7 Å². The van der Waals surface area contributed by atoms with Crippen molar-refractivity contribution in [1.82, 2.24) is 14.9 Å². The van der Waals surface area contributed by atoms with Crippen molar-refractivity contribution in [2.45, 2.75) is 25.0 Å². The number of halogens is 1. The summed E-state index contributed by atoms with van der Waals surface area (Å²) in [7, 11) is 0. The van der Waals surface area contributed by atoms with Crippen LogP contribution in [0.25, 0.3) is 10.9 Å². The predicted octanol–water partition coefficient (Wildman–Crippen LogP) is 1.97. The van der Waals surface area contributed by atoms with Crippen LogP contribution in [0.3, 0.4) is 0 Å². The van der Waals surface area contributed by atoms with Crippen LogP contribution in [0.2, 0.25) is 0 Å². The summed E-state index contributed by atoms with van der Waals surface area (Å²) in [4.78, 5) is 42.0. The van der Waals surface area contributed by atoms with E-state index in [0.717, 1.165) is 5.39 Å². The summed E-state index contributed by atoms with van der Waals surface area (Å²) in [5.41, 5.74) is 1.11. The Morgan fingerprint density at radius 2 is 1.97 bits per heavy atom. The fraction of sp³-hybridized carbons (Fsp3) is 0.333. The first-order valence-electron chi connectivity index (χ1n) is 11.4. The number of aromatic nitrogens is 2. The monoisotopic (exact) mass is 479 g/mol. The summed E-state index contributed by atoms with van der Waals surface area (Å²) >= 11 is 0. The summed E-state index contributed by atoms with van der Waals surface area (Å²) in [6.07, 6.45) is -0.300. The lowest BCUT2D eigenvalue weighted by molar-refractivity contribution is -0.118. The lowest BCUT2D eigenvalue weighted by atomic mass is 9.99. The number of nitrogens with one attached hydrogen (secondary N) is 2. The van der Waals surface area contributed by atoms with Crippen molar-refractivity contribution in [1.29, 1.82) is 0 Å². The zero-order chi connectivity index (χ0) is 24.1. The van der Waals surface area contributed by atoms with Crippen LogP contribution in [-0.4, -0.2) is 53.9 Å². The fourth-order valence-electron chi connectivity index (χ4n) is 4.95. The van der Waals surface area contributed by atoms with Gasteiger partial charge in [-0.3, -0.25) is 14.5 Å². The second-order valence-corrected chi connectivity index (χ2v) is 8.84. The third-order valence-corrected chi connectivity index (χ3v) is 6.59. The Morgan fingerprint density at radius 1 is 1.11 bits per heavy atom. The summed E-state index contributed by atoms with van der Waals surface area (Å²) in [5, 5.41) is 6.80. The predicted molar refractivity (Wildman–Crippen MR) is 124 cm³/mol. The number of ether oxygens (including phenoxy) is 2. The minimum atomic E-state index is -0.509. The van der Waals surface area contributed by atoms with Gasteiger partial charge >= 0.3 is 6.09 Å². The number of rotatable bonds is 6. The summed E-state index contributed by atoms with van der Waals surface area (Å²) in [6.45, 7) is 1.72. The first-order valence-corrected chi connectivity index (χ1v) is 11.4. The number of cyclic esters (lactones) is 1. The van der Waals surface area contributed by atoms with E-state index in [1.54, 1.807) is 28.8 Å². The quantitative estimate of drug-likeness (QED) is 0.520. The Balaban J connectivity index is 1.06. The van der Waals surface area contributed by atoms with Crippen molar-refractivity contribution >= 4 is 34.5 Å². The van der Waals surface area contributed by atoms with Gasteiger partial charge in [0.1, 0.15) is 17.7 Å². The number of amides is 2. The molecule has 180 valence electrons. The maximum absolute atomic E-state index is 14.6. The molecule has 3 aliphatic heterocycles. The number of anilines is 2. The number of pyridine rings is 2. The fourth-order valence-corrected chi connectivity index (χ4v) is 4.95. The molecule has 3 aliphatic rings. The van der Waals surface area contributed by atoms with Gasteiger partial charge in [0.25, 0.3) is 11.5 Å². The van der Waals surface area contributed by atoms with E-state index in [1.807, 2.05) is 0 Å². The molecule has 2 N–H and O–H groups in total. The molecule has 1 fully saturated rings. The molecular formula is C24H22FN5O5. The van der Waals surface area contributed by atoms with Crippen LogP contribution in [0.4, 0.5) is 20.8 Å². The number of carbonyl (C=O) groups is 2. The lowest BCUT2D eigenvalue weighted by Gasteiger charge is -2.19. The van der Waals surface area contributed by atoms with Crippen LogP contribution >= 0.6 is 0 Å². The molecule has 0 bridgehead atoms. The van der Waals surface area contributed by atoms with Gasteiger partial charge in [0.05, 0.1) is 12.1 Å². The number of nitrogens with zero attached hydrogens (tertiary/aromatic N) is 3. The second kappa shape index (κ2) is 8.35. The van der Waals surface area contributed by atoms with E-state index in [0.29, 0.717) is 55.2 Å². The van der Waals surface area contributed by atoms with E-state index < -0.39 is 6.09 Å². The molecule has 10 nitrogen and oxygen atoms in total. The Morgan fingerprint density at radius 3 is 2.86 bits per heavy atom. The van der Waals surface area contributed by atoms with Gasteiger partial charge in [0.2, 0.25) is 0 Å². The molecule has 1 aromatic carbocycles. The van der Waals surface area contributed by atoms with Gasteiger partial charge in [-0.25, -0.2) is 14.2 Å². The molecule has 3 aromatic rings. The second-order valence-electron chi connectivity index (χ2n) is 8.84. The third-order valence-electron chi connectivity index (χ3n) is 6.59. The Labute approximate surface area is 198 Å². The van der Waals surface area contributed by atoms with Crippen LogP contribution in [-0.2, 0) is 16.1 Å². The SMILES string of the molecule is O=C1COc2ccc(N3C[C@H](CCNC[C@H]4Cn5c(=O)ccc6ccc(F)c4c65)OC3=O)nc2N1. The minimum Gasteiger partial charge on any atom is -0.480 e.